The second-order valence-electron chi connectivity index (χ2n) is 5.14. The summed E-state index contributed by atoms with van der Waals surface area (Å²) in [5.41, 5.74) is -0.276. The van der Waals surface area contributed by atoms with Gasteiger partial charge in [0.2, 0.25) is 5.82 Å². The van der Waals surface area contributed by atoms with Crippen LogP contribution in [0.3, 0.4) is 0 Å². The van der Waals surface area contributed by atoms with Crippen molar-refractivity contribution in [3.8, 4) is 0 Å². The lowest BCUT2D eigenvalue weighted by Gasteiger charge is -2.22. The Morgan fingerprint density at radius 1 is 1.61 bits per heavy atom. The third-order valence-corrected chi connectivity index (χ3v) is 3.68. The number of carbonyl (C=O) groups excluding carboxylic acids is 2. The maximum Gasteiger partial charge on any atom is 0.331 e. The summed E-state index contributed by atoms with van der Waals surface area (Å²) in [4.78, 5) is 35.6. The molecule has 0 aromatic carbocycles. The van der Waals surface area contributed by atoms with Crippen molar-refractivity contribution in [1.82, 2.24) is 9.78 Å². The van der Waals surface area contributed by atoms with Gasteiger partial charge in [-0.25, -0.2) is 9.07 Å². The van der Waals surface area contributed by atoms with Gasteiger partial charge in [0.05, 0.1) is 18.1 Å². The molecule has 0 radical (unpaired) electrons. The van der Waals surface area contributed by atoms with E-state index in [9.17, 15) is 24.1 Å². The van der Waals surface area contributed by atoms with Gasteiger partial charge in [-0.05, 0) is 13.3 Å². The SMILES string of the molecule is CCOC(=O)[C@@H]1CCN(c2c([N+](=O)[O-])cnn2C)C[C@H](F)C1=O. The van der Waals surface area contributed by atoms with Crippen LogP contribution in [-0.2, 0) is 21.4 Å². The summed E-state index contributed by atoms with van der Waals surface area (Å²) < 4.78 is 20.2. The highest BCUT2D eigenvalue weighted by molar-refractivity contribution is 6.01. The summed E-state index contributed by atoms with van der Waals surface area (Å²) in [6.07, 6.45) is -0.833. The zero-order chi connectivity index (χ0) is 17.1. The molecule has 23 heavy (non-hydrogen) atoms. The van der Waals surface area contributed by atoms with Crippen molar-refractivity contribution in [2.24, 2.45) is 13.0 Å². The van der Waals surface area contributed by atoms with Crippen LogP contribution in [-0.4, -0.2) is 52.3 Å². The van der Waals surface area contributed by atoms with Gasteiger partial charge in [0.1, 0.15) is 12.1 Å². The lowest BCUT2D eigenvalue weighted by Crippen LogP contribution is -2.35. The van der Waals surface area contributed by atoms with Crippen LogP contribution >= 0.6 is 0 Å². The molecule has 1 fully saturated rings. The molecule has 0 spiro atoms. The Labute approximate surface area is 131 Å². The number of nitro groups is 1. The Hall–Kier alpha value is -2.52. The zero-order valence-corrected chi connectivity index (χ0v) is 12.8. The maximum absolute atomic E-state index is 14.2. The van der Waals surface area contributed by atoms with Gasteiger partial charge >= 0.3 is 11.7 Å². The van der Waals surface area contributed by atoms with Crippen molar-refractivity contribution < 1.29 is 23.6 Å². The van der Waals surface area contributed by atoms with Gasteiger partial charge in [0.25, 0.3) is 0 Å². The van der Waals surface area contributed by atoms with Crippen LogP contribution in [0.1, 0.15) is 13.3 Å². The summed E-state index contributed by atoms with van der Waals surface area (Å²) in [6.45, 7) is 1.43. The molecule has 9 nitrogen and oxygen atoms in total. The normalized spacial score (nSPS) is 21.9. The van der Waals surface area contributed by atoms with E-state index in [0.29, 0.717) is 0 Å². The van der Waals surface area contributed by atoms with E-state index in [-0.39, 0.29) is 37.6 Å². The smallest absolute Gasteiger partial charge is 0.331 e. The van der Waals surface area contributed by atoms with Crippen molar-refractivity contribution in [1.29, 1.82) is 0 Å². The molecule has 1 aromatic heterocycles. The third-order valence-electron chi connectivity index (χ3n) is 3.68. The topological polar surface area (TPSA) is 108 Å². The molecule has 2 rings (SSSR count). The van der Waals surface area contributed by atoms with Crippen LogP contribution in [0.25, 0.3) is 0 Å². The van der Waals surface area contributed by atoms with E-state index in [0.717, 1.165) is 6.20 Å². The van der Waals surface area contributed by atoms with Crippen molar-refractivity contribution in [2.75, 3.05) is 24.6 Å². The number of Topliss-reactive ketones (excluding diaryl/α,β-unsaturated/α-hetero) is 1. The number of esters is 1. The van der Waals surface area contributed by atoms with Gasteiger partial charge in [-0.1, -0.05) is 0 Å². The Morgan fingerprint density at radius 2 is 2.30 bits per heavy atom. The largest absolute Gasteiger partial charge is 0.465 e. The summed E-state index contributed by atoms with van der Waals surface area (Å²) >= 11 is 0. The molecule has 0 N–H and O–H groups in total. The van der Waals surface area contributed by atoms with Crippen molar-refractivity contribution in [3.63, 3.8) is 0 Å². The minimum atomic E-state index is -1.93. The van der Waals surface area contributed by atoms with E-state index >= 15 is 0 Å². The fourth-order valence-corrected chi connectivity index (χ4v) is 2.60. The zero-order valence-electron chi connectivity index (χ0n) is 12.8. The number of alkyl halides is 1. The van der Waals surface area contributed by atoms with Gasteiger partial charge in [0, 0.05) is 13.6 Å². The third kappa shape index (κ3) is 3.30. The molecule has 0 unspecified atom stereocenters. The molecule has 1 aromatic rings. The minimum absolute atomic E-state index is 0.0282. The standard InChI is InChI=1S/C13H17FN4O5/c1-3-23-13(20)8-4-5-17(7-9(14)11(8)19)12-10(18(21)22)6-15-16(12)2/h6,8-9H,3-5,7H2,1-2H3/t8-,9+/m1/s1. The second kappa shape index (κ2) is 6.71. The molecule has 10 heteroatoms. The van der Waals surface area contributed by atoms with Crippen LogP contribution in [0, 0.1) is 16.0 Å². The molecular weight excluding hydrogens is 311 g/mol. The van der Waals surface area contributed by atoms with Crippen molar-refractivity contribution in [2.45, 2.75) is 19.5 Å². The van der Waals surface area contributed by atoms with E-state index < -0.39 is 28.8 Å². The highest BCUT2D eigenvalue weighted by Gasteiger charge is 2.39. The first-order chi connectivity index (χ1) is 10.9. The number of hydrogen-bond acceptors (Lipinski definition) is 7. The first kappa shape index (κ1) is 16.8. The highest BCUT2D eigenvalue weighted by Crippen LogP contribution is 2.30. The van der Waals surface area contributed by atoms with Gasteiger partial charge in [0.15, 0.2) is 12.0 Å². The van der Waals surface area contributed by atoms with Gasteiger partial charge < -0.3 is 9.64 Å². The fraction of sp³-hybridized carbons (Fsp3) is 0.615. The molecule has 1 saturated heterocycles. The molecule has 2 atom stereocenters. The molecule has 1 aliphatic rings. The quantitative estimate of drug-likeness (QED) is 0.345. The summed E-state index contributed by atoms with van der Waals surface area (Å²) in [7, 11) is 1.49. The van der Waals surface area contributed by atoms with Gasteiger partial charge in [-0.15, -0.1) is 0 Å². The molecule has 0 saturated carbocycles. The fourth-order valence-electron chi connectivity index (χ4n) is 2.60. The maximum atomic E-state index is 14.2. The predicted octanol–water partition coefficient (Wildman–Crippen LogP) is 0.625. The lowest BCUT2D eigenvalue weighted by molar-refractivity contribution is -0.384. The summed E-state index contributed by atoms with van der Waals surface area (Å²) in [5, 5.41) is 14.9. The highest BCUT2D eigenvalue weighted by atomic mass is 19.1. The van der Waals surface area contributed by atoms with E-state index in [1.807, 2.05) is 0 Å². The molecule has 2 heterocycles. The van der Waals surface area contributed by atoms with Crippen LogP contribution in [0.15, 0.2) is 6.20 Å². The van der Waals surface area contributed by atoms with Crippen LogP contribution in [0.2, 0.25) is 0 Å². The number of halogens is 1. The number of anilines is 1. The molecule has 0 amide bonds. The number of ether oxygens (including phenoxy) is 1. The molecule has 0 aliphatic carbocycles. The van der Waals surface area contributed by atoms with Crippen LogP contribution < -0.4 is 4.90 Å². The number of nitrogens with zero attached hydrogens (tertiary/aromatic N) is 4. The van der Waals surface area contributed by atoms with Crippen LogP contribution in [0.4, 0.5) is 15.9 Å². The Morgan fingerprint density at radius 3 is 2.91 bits per heavy atom. The summed E-state index contributed by atoms with van der Waals surface area (Å²) in [6, 6.07) is 0. The van der Waals surface area contributed by atoms with Crippen molar-refractivity contribution >= 4 is 23.3 Å². The number of aryl methyl sites for hydroxylation is 1. The Balaban J connectivity index is 2.28. The van der Waals surface area contributed by atoms with Crippen molar-refractivity contribution in [3.05, 3.63) is 16.3 Å². The van der Waals surface area contributed by atoms with E-state index in [1.165, 1.54) is 16.6 Å². The van der Waals surface area contributed by atoms with Gasteiger partial charge in [-0.3, -0.25) is 19.7 Å². The average Bonchev–Trinajstić information content (AvgIpc) is 2.81. The molecule has 1 aliphatic heterocycles. The minimum Gasteiger partial charge on any atom is -0.465 e. The predicted molar refractivity (Wildman–Crippen MR) is 76.7 cm³/mol. The Kier molecular flexibility index (Phi) is 4.92. The number of ketones is 1. The van der Waals surface area contributed by atoms with E-state index in [2.05, 4.69) is 5.10 Å². The first-order valence-electron chi connectivity index (χ1n) is 7.12. The number of hydrogen-bond donors (Lipinski definition) is 0. The Bertz CT molecular complexity index is 632. The number of carbonyl (C=O) groups is 2. The molecular formula is C13H17FN4O5. The first-order valence-corrected chi connectivity index (χ1v) is 7.12. The summed E-state index contributed by atoms with van der Waals surface area (Å²) in [5.74, 6) is -2.70. The van der Waals surface area contributed by atoms with Crippen LogP contribution in [0.5, 0.6) is 0 Å². The van der Waals surface area contributed by atoms with E-state index in [4.69, 9.17) is 4.74 Å². The van der Waals surface area contributed by atoms with E-state index in [1.54, 1.807) is 6.92 Å². The van der Waals surface area contributed by atoms with Gasteiger partial charge in [-0.2, -0.15) is 5.10 Å². The molecule has 126 valence electrons. The number of aromatic nitrogens is 2. The molecule has 0 bridgehead atoms. The lowest BCUT2D eigenvalue weighted by atomic mass is 9.98. The monoisotopic (exact) mass is 328 g/mol. The second-order valence-corrected chi connectivity index (χ2v) is 5.14. The number of rotatable bonds is 4. The average molecular weight is 328 g/mol.